The molecule has 3 aromatic rings. The van der Waals surface area contributed by atoms with Gasteiger partial charge in [0.15, 0.2) is 17.0 Å². The number of fused-ring (bicyclic) bond motifs is 1. The molecule has 0 atom stereocenters. The van der Waals surface area contributed by atoms with Crippen LogP contribution in [0.4, 0.5) is 14.6 Å². The zero-order valence-electron chi connectivity index (χ0n) is 17.0. The Morgan fingerprint density at radius 1 is 1.14 bits per heavy atom. The highest BCUT2D eigenvalue weighted by Crippen LogP contribution is 2.34. The molecule has 1 fully saturated rings. The molecule has 0 aliphatic carbocycles. The highest BCUT2D eigenvalue weighted by atomic mass is 19.3. The van der Waals surface area contributed by atoms with Crippen LogP contribution >= 0.6 is 0 Å². The van der Waals surface area contributed by atoms with Crippen molar-refractivity contribution < 1.29 is 13.5 Å². The first-order valence-electron chi connectivity index (χ1n) is 9.54. The topological polar surface area (TPSA) is 69.0 Å². The number of alkyl halides is 2. The summed E-state index contributed by atoms with van der Waals surface area (Å²) in [5.74, 6) is -0.948. The van der Waals surface area contributed by atoms with Gasteiger partial charge in [0.05, 0.1) is 20.2 Å². The summed E-state index contributed by atoms with van der Waals surface area (Å²) in [6.45, 7) is 6.30. The first-order valence-corrected chi connectivity index (χ1v) is 9.54. The highest BCUT2D eigenvalue weighted by molar-refractivity contribution is 5.83. The lowest BCUT2D eigenvalue weighted by atomic mass is 9.96. The van der Waals surface area contributed by atoms with Crippen molar-refractivity contribution in [1.29, 1.82) is 0 Å². The molecule has 9 heteroatoms. The van der Waals surface area contributed by atoms with Crippen LogP contribution in [0, 0.1) is 0 Å². The summed E-state index contributed by atoms with van der Waals surface area (Å²) in [6, 6.07) is 7.64. The molecule has 1 aromatic carbocycles. The summed E-state index contributed by atoms with van der Waals surface area (Å²) in [5, 5.41) is 8.48. The van der Waals surface area contributed by atoms with Gasteiger partial charge in [0.1, 0.15) is 11.6 Å². The maximum atomic E-state index is 13.8. The zero-order chi connectivity index (χ0) is 20.8. The number of aromatic nitrogens is 5. The van der Waals surface area contributed by atoms with E-state index >= 15 is 0 Å². The van der Waals surface area contributed by atoms with E-state index in [2.05, 4.69) is 15.3 Å². The predicted octanol–water partition coefficient (Wildman–Crippen LogP) is 3.42. The quantitative estimate of drug-likeness (QED) is 0.666. The minimum absolute atomic E-state index is 0.191. The van der Waals surface area contributed by atoms with E-state index in [-0.39, 0.29) is 24.9 Å². The molecule has 0 amide bonds. The number of methoxy groups -OCH3 is 1. The fourth-order valence-corrected chi connectivity index (χ4v) is 3.32. The van der Waals surface area contributed by atoms with Crippen molar-refractivity contribution in [2.45, 2.75) is 45.1 Å². The van der Waals surface area contributed by atoms with Crippen LogP contribution in [0.5, 0.6) is 5.75 Å². The second-order valence-electron chi connectivity index (χ2n) is 8.42. The van der Waals surface area contributed by atoms with E-state index in [0.717, 1.165) is 11.3 Å². The van der Waals surface area contributed by atoms with Gasteiger partial charge in [-0.3, -0.25) is 0 Å². The van der Waals surface area contributed by atoms with E-state index in [4.69, 9.17) is 9.72 Å². The van der Waals surface area contributed by atoms with Gasteiger partial charge in [-0.1, -0.05) is 38.1 Å². The third kappa shape index (κ3) is 3.86. The third-order valence-electron chi connectivity index (χ3n) is 4.98. The molecule has 0 bridgehead atoms. The van der Waals surface area contributed by atoms with E-state index in [1.165, 1.54) is 0 Å². The van der Waals surface area contributed by atoms with E-state index in [1.807, 2.05) is 45.0 Å². The first-order chi connectivity index (χ1) is 13.7. The first kappa shape index (κ1) is 19.5. The number of rotatable bonds is 4. The van der Waals surface area contributed by atoms with E-state index in [0.29, 0.717) is 29.4 Å². The van der Waals surface area contributed by atoms with Crippen molar-refractivity contribution in [2.75, 3.05) is 25.1 Å². The predicted molar refractivity (Wildman–Crippen MR) is 106 cm³/mol. The monoisotopic (exact) mass is 402 g/mol. The average molecular weight is 402 g/mol. The van der Waals surface area contributed by atoms with Crippen LogP contribution in [0.1, 0.15) is 38.6 Å². The minimum Gasteiger partial charge on any atom is -0.497 e. The minimum atomic E-state index is -2.72. The van der Waals surface area contributed by atoms with Crippen molar-refractivity contribution in [3.63, 3.8) is 0 Å². The summed E-state index contributed by atoms with van der Waals surface area (Å²) in [4.78, 5) is 10.9. The van der Waals surface area contributed by atoms with Crippen LogP contribution in [0.15, 0.2) is 24.3 Å². The third-order valence-corrected chi connectivity index (χ3v) is 4.98. The van der Waals surface area contributed by atoms with Gasteiger partial charge in [-0.15, -0.1) is 5.10 Å². The molecule has 154 valence electrons. The Hall–Kier alpha value is -2.84. The molecule has 0 spiro atoms. The Morgan fingerprint density at radius 2 is 1.86 bits per heavy atom. The molecule has 3 heterocycles. The Kier molecular flexibility index (Phi) is 4.63. The fourth-order valence-electron chi connectivity index (χ4n) is 3.32. The average Bonchev–Trinajstić information content (AvgIpc) is 3.24. The van der Waals surface area contributed by atoms with Gasteiger partial charge in [0.2, 0.25) is 0 Å². The van der Waals surface area contributed by atoms with Gasteiger partial charge >= 0.3 is 0 Å². The van der Waals surface area contributed by atoms with Crippen LogP contribution in [0.3, 0.4) is 0 Å². The number of nitrogens with zero attached hydrogens (tertiary/aromatic N) is 6. The molecule has 1 aliphatic rings. The second-order valence-corrected chi connectivity index (χ2v) is 8.42. The van der Waals surface area contributed by atoms with Gasteiger partial charge in [0.25, 0.3) is 5.92 Å². The molecule has 0 radical (unpaired) electrons. The largest absolute Gasteiger partial charge is 0.497 e. The van der Waals surface area contributed by atoms with Crippen molar-refractivity contribution >= 4 is 17.0 Å². The Balaban J connectivity index is 1.78. The molecular formula is C20H24F2N6O. The maximum Gasteiger partial charge on any atom is 0.266 e. The van der Waals surface area contributed by atoms with E-state index in [1.54, 1.807) is 16.7 Å². The molecule has 0 unspecified atom stereocenters. The molecule has 7 nitrogen and oxygen atoms in total. The Morgan fingerprint density at radius 3 is 2.45 bits per heavy atom. The van der Waals surface area contributed by atoms with Crippen LogP contribution in [-0.2, 0) is 12.0 Å². The van der Waals surface area contributed by atoms with Crippen LogP contribution < -0.4 is 9.64 Å². The number of benzene rings is 1. The number of halogens is 2. The Bertz CT molecular complexity index is 1030. The summed E-state index contributed by atoms with van der Waals surface area (Å²) >= 11 is 0. The van der Waals surface area contributed by atoms with Crippen molar-refractivity contribution in [3.8, 4) is 5.75 Å². The molecule has 1 aliphatic heterocycles. The van der Waals surface area contributed by atoms with Crippen LogP contribution in [0.2, 0.25) is 0 Å². The van der Waals surface area contributed by atoms with Gasteiger partial charge < -0.3 is 9.64 Å². The zero-order valence-corrected chi connectivity index (χ0v) is 17.0. The van der Waals surface area contributed by atoms with Gasteiger partial charge in [-0.05, 0) is 17.7 Å². The fraction of sp³-hybridized carbons (Fsp3) is 0.500. The summed E-state index contributed by atoms with van der Waals surface area (Å²) in [7, 11) is 1.62. The van der Waals surface area contributed by atoms with E-state index < -0.39 is 5.92 Å². The van der Waals surface area contributed by atoms with Crippen molar-refractivity contribution in [2.24, 2.45) is 0 Å². The lowest BCUT2D eigenvalue weighted by Crippen LogP contribution is -2.27. The lowest BCUT2D eigenvalue weighted by Gasteiger charge is -2.22. The van der Waals surface area contributed by atoms with Crippen molar-refractivity contribution in [1.82, 2.24) is 25.0 Å². The highest BCUT2D eigenvalue weighted by Gasteiger charge is 2.40. The second kappa shape index (κ2) is 6.89. The standard InChI is InChI=1S/C20H24F2N6O/c1-19(2,3)18-23-16(27-10-9-20(21,22)12-27)15-17(24-18)28(26-25-15)11-13-5-7-14(29-4)8-6-13/h5-8H,9-12H2,1-4H3. The number of anilines is 1. The molecule has 29 heavy (non-hydrogen) atoms. The van der Waals surface area contributed by atoms with Crippen molar-refractivity contribution in [3.05, 3.63) is 35.7 Å². The number of hydrogen-bond donors (Lipinski definition) is 0. The van der Waals surface area contributed by atoms with Gasteiger partial charge in [-0.2, -0.15) is 0 Å². The van der Waals surface area contributed by atoms with Crippen LogP contribution in [0.25, 0.3) is 11.2 Å². The normalized spacial score (nSPS) is 16.6. The molecule has 0 saturated carbocycles. The summed E-state index contributed by atoms with van der Waals surface area (Å²) in [5.41, 5.74) is 1.65. The lowest BCUT2D eigenvalue weighted by molar-refractivity contribution is 0.0257. The molecule has 4 rings (SSSR count). The maximum absolute atomic E-state index is 13.8. The number of ether oxygens (including phenoxy) is 1. The van der Waals surface area contributed by atoms with Gasteiger partial charge in [0, 0.05) is 18.4 Å². The van der Waals surface area contributed by atoms with E-state index in [9.17, 15) is 8.78 Å². The molecule has 0 N–H and O–H groups in total. The van der Waals surface area contributed by atoms with Gasteiger partial charge in [-0.25, -0.2) is 23.4 Å². The van der Waals surface area contributed by atoms with Crippen LogP contribution in [-0.4, -0.2) is 51.1 Å². The Labute approximate surface area is 167 Å². The molecule has 2 aromatic heterocycles. The molecular weight excluding hydrogens is 378 g/mol. The SMILES string of the molecule is COc1ccc(Cn2nnc3c(N4CCC(F)(F)C4)nc(C(C)(C)C)nc32)cc1. The summed E-state index contributed by atoms with van der Waals surface area (Å²) < 4.78 is 34.5. The summed E-state index contributed by atoms with van der Waals surface area (Å²) in [6.07, 6.45) is -0.191. The smallest absolute Gasteiger partial charge is 0.266 e. The molecule has 1 saturated heterocycles. The number of hydrogen-bond acceptors (Lipinski definition) is 6.